The van der Waals surface area contributed by atoms with Gasteiger partial charge in [-0.25, -0.2) is 0 Å². The average molecular weight is 339 g/mol. The molecule has 0 aliphatic carbocycles. The molecule has 1 aromatic carbocycles. The van der Waals surface area contributed by atoms with E-state index in [9.17, 15) is 14.9 Å². The maximum absolute atomic E-state index is 11.9. The molecule has 0 spiro atoms. The van der Waals surface area contributed by atoms with Gasteiger partial charge in [0.05, 0.1) is 10.7 Å². The summed E-state index contributed by atoms with van der Waals surface area (Å²) in [7, 11) is 0. The number of benzene rings is 1. The zero-order chi connectivity index (χ0) is 15.9. The highest BCUT2D eigenvalue weighted by atomic mass is 32.2. The van der Waals surface area contributed by atoms with Gasteiger partial charge in [-0.05, 0) is 13.0 Å². The molecule has 0 saturated carbocycles. The number of rotatable bonds is 7. The number of carbonyl (C=O) groups is 1. The van der Waals surface area contributed by atoms with E-state index < -0.39 is 4.92 Å². The van der Waals surface area contributed by atoms with Crippen molar-refractivity contribution in [3.8, 4) is 0 Å². The van der Waals surface area contributed by atoms with Crippen molar-refractivity contribution in [2.45, 2.75) is 11.3 Å². The molecule has 22 heavy (non-hydrogen) atoms. The van der Waals surface area contributed by atoms with Crippen LogP contribution in [-0.4, -0.2) is 33.3 Å². The summed E-state index contributed by atoms with van der Waals surface area (Å²) in [4.78, 5) is 22.2. The Morgan fingerprint density at radius 2 is 2.18 bits per heavy atom. The number of anilines is 2. The Labute approximate surface area is 134 Å². The van der Waals surface area contributed by atoms with Crippen LogP contribution in [0.5, 0.6) is 0 Å². The highest BCUT2D eigenvalue weighted by Crippen LogP contribution is 2.26. The van der Waals surface area contributed by atoms with Crippen LogP contribution in [0.2, 0.25) is 0 Å². The highest BCUT2D eigenvalue weighted by Gasteiger charge is 2.15. The third kappa shape index (κ3) is 4.40. The fourth-order valence-electron chi connectivity index (χ4n) is 1.54. The fraction of sp³-hybridized carbons (Fsp3) is 0.250. The van der Waals surface area contributed by atoms with Crippen molar-refractivity contribution in [1.82, 2.24) is 10.2 Å². The van der Waals surface area contributed by atoms with E-state index in [-0.39, 0.29) is 23.0 Å². The normalized spacial score (nSPS) is 10.2. The summed E-state index contributed by atoms with van der Waals surface area (Å²) in [5.41, 5.74) is 0.0508. The number of nitrogens with zero attached hydrogens (tertiary/aromatic N) is 3. The number of aromatic nitrogens is 2. The Morgan fingerprint density at radius 3 is 2.91 bits per heavy atom. The molecule has 0 unspecified atom stereocenters. The molecule has 1 heterocycles. The summed E-state index contributed by atoms with van der Waals surface area (Å²) in [5.74, 6) is -0.230. The third-order valence-electron chi connectivity index (χ3n) is 2.44. The van der Waals surface area contributed by atoms with Crippen molar-refractivity contribution < 1.29 is 9.72 Å². The summed E-state index contributed by atoms with van der Waals surface area (Å²) in [6.45, 7) is 2.70. The summed E-state index contributed by atoms with van der Waals surface area (Å²) in [6.07, 6.45) is 0. The van der Waals surface area contributed by atoms with Gasteiger partial charge in [-0.3, -0.25) is 14.9 Å². The second-order valence-electron chi connectivity index (χ2n) is 4.01. The summed E-state index contributed by atoms with van der Waals surface area (Å²) >= 11 is 2.59. The van der Waals surface area contributed by atoms with E-state index in [0.717, 1.165) is 6.54 Å². The van der Waals surface area contributed by atoms with Crippen molar-refractivity contribution in [2.75, 3.05) is 22.9 Å². The van der Waals surface area contributed by atoms with E-state index in [2.05, 4.69) is 20.8 Å². The van der Waals surface area contributed by atoms with Gasteiger partial charge >= 0.3 is 0 Å². The van der Waals surface area contributed by atoms with E-state index in [0.29, 0.717) is 9.47 Å². The molecule has 8 nitrogen and oxygen atoms in total. The standard InChI is InChI=1S/C12H13N5O3S2/c1-2-13-11-15-16-12(22-11)21-7-10(18)14-8-5-3-4-6-9(8)17(19)20/h3-6H,2,7H2,1H3,(H,13,15)(H,14,18). The highest BCUT2D eigenvalue weighted by molar-refractivity contribution is 8.01. The number of nitrogens with one attached hydrogen (secondary N) is 2. The summed E-state index contributed by atoms with van der Waals surface area (Å²) < 4.78 is 0.661. The molecule has 1 aromatic heterocycles. The van der Waals surface area contributed by atoms with Crippen LogP contribution in [0.25, 0.3) is 0 Å². The lowest BCUT2D eigenvalue weighted by Crippen LogP contribution is -2.15. The zero-order valence-corrected chi connectivity index (χ0v) is 13.2. The first-order chi connectivity index (χ1) is 10.6. The molecule has 0 saturated heterocycles. The maximum Gasteiger partial charge on any atom is 0.292 e. The molecule has 0 atom stereocenters. The monoisotopic (exact) mass is 339 g/mol. The van der Waals surface area contributed by atoms with Gasteiger partial charge in [-0.2, -0.15) is 0 Å². The molecule has 1 amide bonds. The molecule has 0 radical (unpaired) electrons. The number of nitro groups is 1. The minimum atomic E-state index is -0.532. The number of carbonyl (C=O) groups excluding carboxylic acids is 1. The molecule has 0 bridgehead atoms. The largest absolute Gasteiger partial charge is 0.360 e. The van der Waals surface area contributed by atoms with Crippen LogP contribution >= 0.6 is 23.1 Å². The minimum Gasteiger partial charge on any atom is -0.360 e. The first-order valence-corrected chi connectivity index (χ1v) is 8.13. The van der Waals surface area contributed by atoms with Crippen molar-refractivity contribution >= 4 is 45.5 Å². The second kappa shape index (κ2) is 7.71. The second-order valence-corrected chi connectivity index (χ2v) is 6.21. The number of para-hydroxylation sites is 2. The van der Waals surface area contributed by atoms with E-state index in [1.54, 1.807) is 12.1 Å². The van der Waals surface area contributed by atoms with Crippen molar-refractivity contribution in [2.24, 2.45) is 0 Å². The van der Waals surface area contributed by atoms with Crippen LogP contribution in [0.1, 0.15) is 6.92 Å². The molecule has 2 aromatic rings. The van der Waals surface area contributed by atoms with Crippen LogP contribution in [0, 0.1) is 10.1 Å². The molecule has 10 heteroatoms. The summed E-state index contributed by atoms with van der Waals surface area (Å²) in [6, 6.07) is 6.01. The van der Waals surface area contributed by atoms with Gasteiger partial charge in [0.2, 0.25) is 11.0 Å². The molecule has 0 aliphatic rings. The number of hydrogen-bond acceptors (Lipinski definition) is 8. The Balaban J connectivity index is 1.91. The van der Waals surface area contributed by atoms with E-state index in [1.807, 2.05) is 6.92 Å². The number of nitro benzene ring substituents is 1. The van der Waals surface area contributed by atoms with Crippen molar-refractivity contribution in [3.05, 3.63) is 34.4 Å². The van der Waals surface area contributed by atoms with Crippen molar-refractivity contribution in [1.29, 1.82) is 0 Å². The predicted octanol–water partition coefficient (Wildman–Crippen LogP) is 2.61. The van der Waals surface area contributed by atoms with Gasteiger partial charge in [-0.15, -0.1) is 10.2 Å². The van der Waals surface area contributed by atoms with E-state index in [4.69, 9.17) is 0 Å². The lowest BCUT2D eigenvalue weighted by Gasteiger charge is -2.04. The van der Waals surface area contributed by atoms with Crippen molar-refractivity contribution in [3.63, 3.8) is 0 Å². The van der Waals surface area contributed by atoms with Crippen LogP contribution < -0.4 is 10.6 Å². The van der Waals surface area contributed by atoms with Crippen LogP contribution in [0.4, 0.5) is 16.5 Å². The lowest BCUT2D eigenvalue weighted by molar-refractivity contribution is -0.383. The number of hydrogen-bond donors (Lipinski definition) is 2. The molecule has 0 aliphatic heterocycles. The van der Waals surface area contributed by atoms with E-state index in [1.165, 1.54) is 35.2 Å². The maximum atomic E-state index is 11.9. The predicted molar refractivity (Wildman–Crippen MR) is 86.5 cm³/mol. The molecule has 2 rings (SSSR count). The molecular formula is C12H13N5O3S2. The molecule has 116 valence electrons. The topological polar surface area (TPSA) is 110 Å². The fourth-order valence-corrected chi connectivity index (χ4v) is 3.16. The lowest BCUT2D eigenvalue weighted by atomic mass is 10.2. The van der Waals surface area contributed by atoms with Gasteiger partial charge in [0.1, 0.15) is 5.69 Å². The quantitative estimate of drug-likeness (QED) is 0.453. The smallest absolute Gasteiger partial charge is 0.292 e. The van der Waals surface area contributed by atoms with Gasteiger partial charge < -0.3 is 10.6 Å². The van der Waals surface area contributed by atoms with Gasteiger partial charge in [0.15, 0.2) is 4.34 Å². The Kier molecular flexibility index (Phi) is 5.67. The average Bonchev–Trinajstić information content (AvgIpc) is 2.94. The minimum absolute atomic E-state index is 0.104. The van der Waals surface area contributed by atoms with E-state index >= 15 is 0 Å². The zero-order valence-electron chi connectivity index (χ0n) is 11.6. The van der Waals surface area contributed by atoms with Crippen LogP contribution in [0.3, 0.4) is 0 Å². The first-order valence-electron chi connectivity index (χ1n) is 6.33. The summed E-state index contributed by atoms with van der Waals surface area (Å²) in [5, 5.41) is 25.0. The number of amides is 1. The van der Waals surface area contributed by atoms with Gasteiger partial charge in [0.25, 0.3) is 5.69 Å². The molecular weight excluding hydrogens is 326 g/mol. The Bertz CT molecular complexity index is 676. The third-order valence-corrected chi connectivity index (χ3v) is 4.45. The number of thioether (sulfide) groups is 1. The van der Waals surface area contributed by atoms with Crippen LogP contribution in [-0.2, 0) is 4.79 Å². The Morgan fingerprint density at radius 1 is 1.41 bits per heavy atom. The first kappa shape index (κ1) is 16.2. The SMILES string of the molecule is CCNc1nnc(SCC(=O)Nc2ccccc2[N+](=O)[O-])s1. The molecule has 2 N–H and O–H groups in total. The van der Waals surface area contributed by atoms with Crippen LogP contribution in [0.15, 0.2) is 28.6 Å². The van der Waals surface area contributed by atoms with Gasteiger partial charge in [0, 0.05) is 12.6 Å². The molecule has 0 fully saturated rings. The van der Waals surface area contributed by atoms with Gasteiger partial charge in [-0.1, -0.05) is 35.2 Å². The Hall–Kier alpha value is -2.20.